The normalized spacial score (nSPS) is 18.4. The van der Waals surface area contributed by atoms with Gasteiger partial charge in [-0.15, -0.1) is 0 Å². The summed E-state index contributed by atoms with van der Waals surface area (Å²) < 4.78 is 0. The first-order valence-electron chi connectivity index (χ1n) is 7.05. The minimum Gasteiger partial charge on any atom is -0.397 e. The number of piperidine rings is 1. The van der Waals surface area contributed by atoms with E-state index >= 15 is 0 Å². The van der Waals surface area contributed by atoms with Gasteiger partial charge in [0.2, 0.25) is 5.91 Å². The van der Waals surface area contributed by atoms with Gasteiger partial charge in [0.25, 0.3) is 5.91 Å². The van der Waals surface area contributed by atoms with E-state index in [1.165, 1.54) is 0 Å². The number of nitrogen functional groups attached to an aromatic ring is 1. The van der Waals surface area contributed by atoms with Crippen LogP contribution >= 0.6 is 0 Å². The minimum atomic E-state index is -0.338. The molecule has 0 aromatic heterocycles. The number of hydrogen-bond donors (Lipinski definition) is 2. The molecule has 0 spiro atoms. The maximum Gasteiger partial charge on any atom is 0.253 e. The number of nitrogens with zero attached hydrogens (tertiary/aromatic N) is 2. The molecule has 1 unspecified atom stereocenters. The number of carbonyl (C=O) groups excluding carboxylic acids is 2. The van der Waals surface area contributed by atoms with Crippen molar-refractivity contribution < 1.29 is 9.59 Å². The van der Waals surface area contributed by atoms with E-state index in [9.17, 15) is 9.59 Å². The third kappa shape index (κ3) is 3.26. The van der Waals surface area contributed by atoms with E-state index in [1.54, 1.807) is 17.0 Å². The van der Waals surface area contributed by atoms with Crippen molar-refractivity contribution in [2.24, 2.45) is 11.7 Å². The summed E-state index contributed by atoms with van der Waals surface area (Å²) in [5, 5.41) is 0. The van der Waals surface area contributed by atoms with E-state index in [4.69, 9.17) is 11.5 Å². The van der Waals surface area contributed by atoms with Crippen LogP contribution in [0.2, 0.25) is 0 Å². The fraction of sp³-hybridized carbons (Fsp3) is 0.467. The van der Waals surface area contributed by atoms with Crippen LogP contribution in [0, 0.1) is 5.92 Å². The van der Waals surface area contributed by atoms with Crippen LogP contribution in [-0.4, -0.2) is 43.9 Å². The summed E-state index contributed by atoms with van der Waals surface area (Å²) in [4.78, 5) is 27.4. The van der Waals surface area contributed by atoms with Gasteiger partial charge in [0.1, 0.15) is 0 Å². The Kier molecular flexibility index (Phi) is 4.35. The summed E-state index contributed by atoms with van der Waals surface area (Å²) >= 11 is 0. The third-order valence-corrected chi connectivity index (χ3v) is 3.87. The Morgan fingerprint density at radius 2 is 2.05 bits per heavy atom. The third-order valence-electron chi connectivity index (χ3n) is 3.87. The van der Waals surface area contributed by atoms with Crippen LogP contribution in [-0.2, 0) is 4.79 Å². The molecule has 1 aromatic carbocycles. The van der Waals surface area contributed by atoms with Crippen LogP contribution in [0.5, 0.6) is 0 Å². The fourth-order valence-corrected chi connectivity index (χ4v) is 2.67. The molecule has 0 aliphatic carbocycles. The molecule has 1 aliphatic rings. The zero-order valence-electron chi connectivity index (χ0n) is 12.5. The molecule has 1 saturated heterocycles. The maximum absolute atomic E-state index is 12.5. The lowest BCUT2D eigenvalue weighted by atomic mass is 9.97. The Balaban J connectivity index is 2.16. The lowest BCUT2D eigenvalue weighted by Crippen LogP contribution is -2.44. The molecule has 0 saturated carbocycles. The van der Waals surface area contributed by atoms with Crippen LogP contribution in [0.15, 0.2) is 18.2 Å². The van der Waals surface area contributed by atoms with Gasteiger partial charge in [-0.05, 0) is 31.0 Å². The minimum absolute atomic E-state index is 0.0991. The largest absolute Gasteiger partial charge is 0.397 e. The summed E-state index contributed by atoms with van der Waals surface area (Å²) in [5.74, 6) is -0.686. The zero-order chi connectivity index (χ0) is 15.6. The number of rotatable bonds is 3. The number of carbonyl (C=O) groups is 2. The van der Waals surface area contributed by atoms with E-state index in [2.05, 4.69) is 0 Å². The predicted octanol–water partition coefficient (Wildman–Crippen LogP) is 0.672. The van der Waals surface area contributed by atoms with Crippen LogP contribution in [0.1, 0.15) is 23.2 Å². The van der Waals surface area contributed by atoms with Crippen molar-refractivity contribution in [3.8, 4) is 0 Å². The Bertz CT molecular complexity index is 557. The summed E-state index contributed by atoms with van der Waals surface area (Å²) in [6, 6.07) is 5.28. The highest BCUT2D eigenvalue weighted by atomic mass is 16.2. The Morgan fingerprint density at radius 3 is 2.62 bits per heavy atom. The van der Waals surface area contributed by atoms with Gasteiger partial charge in [-0.1, -0.05) is 0 Å². The zero-order valence-corrected chi connectivity index (χ0v) is 12.5. The van der Waals surface area contributed by atoms with Crippen LogP contribution in [0.25, 0.3) is 0 Å². The van der Waals surface area contributed by atoms with Crippen molar-refractivity contribution in [3.05, 3.63) is 23.8 Å². The lowest BCUT2D eigenvalue weighted by molar-refractivity contribution is -0.123. The Labute approximate surface area is 124 Å². The number of likely N-dealkylation sites (tertiary alicyclic amines) is 1. The van der Waals surface area contributed by atoms with Crippen molar-refractivity contribution in [2.45, 2.75) is 12.8 Å². The van der Waals surface area contributed by atoms with Gasteiger partial charge < -0.3 is 21.3 Å². The van der Waals surface area contributed by atoms with Gasteiger partial charge in [0.15, 0.2) is 0 Å². The van der Waals surface area contributed by atoms with Gasteiger partial charge in [0, 0.05) is 32.7 Å². The highest BCUT2D eigenvalue weighted by Crippen LogP contribution is 2.24. The summed E-state index contributed by atoms with van der Waals surface area (Å²) in [6.07, 6.45) is 1.55. The molecule has 114 valence electrons. The number of benzene rings is 1. The average Bonchev–Trinajstić information content (AvgIpc) is 2.46. The molecule has 1 aromatic rings. The first-order valence-corrected chi connectivity index (χ1v) is 7.05. The molecule has 1 atom stereocenters. The van der Waals surface area contributed by atoms with Crippen LogP contribution in [0.4, 0.5) is 11.4 Å². The first-order chi connectivity index (χ1) is 9.90. The molecule has 1 aliphatic heterocycles. The van der Waals surface area contributed by atoms with Crippen molar-refractivity contribution >= 4 is 23.2 Å². The summed E-state index contributed by atoms with van der Waals surface area (Å²) in [7, 11) is 3.80. The molecule has 2 amide bonds. The SMILES string of the molecule is CN(C)c1ccc(C(=O)N2CCCC(C(N)=O)C2)cc1N. The van der Waals surface area contributed by atoms with Gasteiger partial charge in [-0.25, -0.2) is 0 Å². The highest BCUT2D eigenvalue weighted by molar-refractivity contribution is 5.96. The van der Waals surface area contributed by atoms with Gasteiger partial charge in [0.05, 0.1) is 17.3 Å². The molecule has 6 nitrogen and oxygen atoms in total. The Hall–Kier alpha value is -2.24. The number of nitrogens with two attached hydrogens (primary N) is 2. The van der Waals surface area contributed by atoms with Crippen molar-refractivity contribution in [2.75, 3.05) is 37.8 Å². The lowest BCUT2D eigenvalue weighted by Gasteiger charge is -2.31. The number of primary amides is 1. The quantitative estimate of drug-likeness (QED) is 0.800. The topological polar surface area (TPSA) is 92.7 Å². The molecular weight excluding hydrogens is 268 g/mol. The standard InChI is InChI=1S/C15H22N4O2/c1-18(2)13-6-5-10(8-12(13)16)15(21)19-7-3-4-11(9-19)14(17)20/h5-6,8,11H,3-4,7,9,16H2,1-2H3,(H2,17,20). The molecule has 1 fully saturated rings. The molecule has 6 heteroatoms. The van der Waals surface area contributed by atoms with Crippen molar-refractivity contribution in [1.29, 1.82) is 0 Å². The molecule has 4 N–H and O–H groups in total. The average molecular weight is 290 g/mol. The summed E-state index contributed by atoms with van der Waals surface area (Å²) in [6.45, 7) is 1.04. The highest BCUT2D eigenvalue weighted by Gasteiger charge is 2.27. The second-order valence-corrected chi connectivity index (χ2v) is 5.66. The molecule has 21 heavy (non-hydrogen) atoms. The van der Waals surface area contributed by atoms with Crippen LogP contribution in [0.3, 0.4) is 0 Å². The monoisotopic (exact) mass is 290 g/mol. The fourth-order valence-electron chi connectivity index (χ4n) is 2.67. The molecule has 2 rings (SSSR count). The number of hydrogen-bond acceptors (Lipinski definition) is 4. The molecular formula is C15H22N4O2. The van der Waals surface area contributed by atoms with Crippen molar-refractivity contribution in [3.63, 3.8) is 0 Å². The maximum atomic E-state index is 12.5. The van der Waals surface area contributed by atoms with Crippen LogP contribution < -0.4 is 16.4 Å². The summed E-state index contributed by atoms with van der Waals surface area (Å²) in [5.41, 5.74) is 13.3. The van der Waals surface area contributed by atoms with E-state index in [0.29, 0.717) is 24.3 Å². The van der Waals surface area contributed by atoms with Gasteiger partial charge in [-0.3, -0.25) is 9.59 Å². The van der Waals surface area contributed by atoms with E-state index in [1.807, 2.05) is 25.1 Å². The van der Waals surface area contributed by atoms with Crippen molar-refractivity contribution in [1.82, 2.24) is 4.90 Å². The number of amides is 2. The Morgan fingerprint density at radius 1 is 1.33 bits per heavy atom. The predicted molar refractivity (Wildman–Crippen MR) is 83.0 cm³/mol. The first kappa shape index (κ1) is 15.2. The second kappa shape index (κ2) is 6.03. The van der Waals surface area contributed by atoms with Gasteiger partial charge in [-0.2, -0.15) is 0 Å². The van der Waals surface area contributed by atoms with E-state index in [0.717, 1.165) is 18.5 Å². The smallest absolute Gasteiger partial charge is 0.253 e. The van der Waals surface area contributed by atoms with Gasteiger partial charge >= 0.3 is 0 Å². The second-order valence-electron chi connectivity index (χ2n) is 5.66. The van der Waals surface area contributed by atoms with E-state index < -0.39 is 0 Å². The molecule has 0 bridgehead atoms. The number of anilines is 2. The molecule has 1 heterocycles. The molecule has 0 radical (unpaired) electrons. The van der Waals surface area contributed by atoms with E-state index in [-0.39, 0.29) is 17.7 Å².